The summed E-state index contributed by atoms with van der Waals surface area (Å²) in [6, 6.07) is -0.628. The Morgan fingerprint density at radius 3 is 2.67 bits per heavy atom. The maximum absolute atomic E-state index is 12.7. The average molecular weight is 308 g/mol. The maximum atomic E-state index is 12.7. The Bertz CT molecular complexity index is 730. The molecule has 0 saturated carbocycles. The fraction of sp³-hybridized carbons (Fsp3) is 0.533. The lowest BCUT2D eigenvalue weighted by Gasteiger charge is -2.18. The molecule has 6 heteroatoms. The Morgan fingerprint density at radius 2 is 2.10 bits per heavy atom. The SMILES string of the molecule is CCC(C(=O)OC(C)C)n1cnc2sc(C)c(C)c2c1=O. The van der Waals surface area contributed by atoms with E-state index in [-0.39, 0.29) is 17.6 Å². The van der Waals surface area contributed by atoms with Crippen molar-refractivity contribution in [3.8, 4) is 0 Å². The second kappa shape index (κ2) is 5.97. The summed E-state index contributed by atoms with van der Waals surface area (Å²) in [5.74, 6) is -0.389. The lowest BCUT2D eigenvalue weighted by molar-refractivity contribution is -0.151. The van der Waals surface area contributed by atoms with Crippen molar-refractivity contribution < 1.29 is 9.53 Å². The normalized spacial score (nSPS) is 12.9. The van der Waals surface area contributed by atoms with Crippen LogP contribution in [0.15, 0.2) is 11.1 Å². The molecule has 1 unspecified atom stereocenters. The molecule has 0 aliphatic heterocycles. The number of aromatic nitrogens is 2. The molecule has 5 nitrogen and oxygen atoms in total. The van der Waals surface area contributed by atoms with Gasteiger partial charge in [-0.2, -0.15) is 0 Å². The first-order chi connectivity index (χ1) is 9.86. The van der Waals surface area contributed by atoms with Crippen molar-refractivity contribution in [1.29, 1.82) is 0 Å². The zero-order chi connectivity index (χ0) is 15.7. The van der Waals surface area contributed by atoms with Gasteiger partial charge in [0.2, 0.25) is 0 Å². The summed E-state index contributed by atoms with van der Waals surface area (Å²) < 4.78 is 6.63. The van der Waals surface area contributed by atoms with E-state index in [9.17, 15) is 9.59 Å². The number of carbonyl (C=O) groups is 1. The molecule has 2 rings (SSSR count). The van der Waals surface area contributed by atoms with Crippen molar-refractivity contribution in [3.05, 3.63) is 27.1 Å². The van der Waals surface area contributed by atoms with E-state index in [2.05, 4.69) is 4.98 Å². The van der Waals surface area contributed by atoms with Gasteiger partial charge in [0.25, 0.3) is 5.56 Å². The van der Waals surface area contributed by atoms with E-state index >= 15 is 0 Å². The second-order valence-electron chi connectivity index (χ2n) is 5.33. The smallest absolute Gasteiger partial charge is 0.329 e. The highest BCUT2D eigenvalue weighted by molar-refractivity contribution is 7.18. The van der Waals surface area contributed by atoms with Crippen molar-refractivity contribution in [2.45, 2.75) is 53.2 Å². The number of hydrogen-bond donors (Lipinski definition) is 0. The zero-order valence-electron chi connectivity index (χ0n) is 13.0. The van der Waals surface area contributed by atoms with E-state index in [1.165, 1.54) is 22.2 Å². The van der Waals surface area contributed by atoms with E-state index in [4.69, 9.17) is 4.74 Å². The highest BCUT2D eigenvalue weighted by Gasteiger charge is 2.24. The third-order valence-electron chi connectivity index (χ3n) is 3.46. The van der Waals surface area contributed by atoms with Crippen LogP contribution in [0.25, 0.3) is 10.2 Å². The van der Waals surface area contributed by atoms with Gasteiger partial charge in [-0.3, -0.25) is 9.36 Å². The van der Waals surface area contributed by atoms with E-state index in [1.807, 2.05) is 20.8 Å². The number of hydrogen-bond acceptors (Lipinski definition) is 5. The summed E-state index contributed by atoms with van der Waals surface area (Å²) in [5, 5.41) is 0.607. The quantitative estimate of drug-likeness (QED) is 0.815. The van der Waals surface area contributed by atoms with Crippen LogP contribution in [0.2, 0.25) is 0 Å². The highest BCUT2D eigenvalue weighted by atomic mass is 32.1. The number of thiophene rings is 1. The van der Waals surface area contributed by atoms with Crippen LogP contribution in [0.5, 0.6) is 0 Å². The molecule has 1 atom stereocenters. The lowest BCUT2D eigenvalue weighted by Crippen LogP contribution is -2.32. The van der Waals surface area contributed by atoms with E-state index in [0.717, 1.165) is 15.3 Å². The number of carbonyl (C=O) groups excluding carboxylic acids is 1. The third-order valence-corrected chi connectivity index (χ3v) is 4.58. The molecule has 0 fully saturated rings. The topological polar surface area (TPSA) is 61.2 Å². The lowest BCUT2D eigenvalue weighted by atomic mass is 10.2. The van der Waals surface area contributed by atoms with Gasteiger partial charge in [-0.1, -0.05) is 6.92 Å². The van der Waals surface area contributed by atoms with Crippen LogP contribution in [0.1, 0.15) is 43.7 Å². The molecule has 2 heterocycles. The molecule has 0 saturated heterocycles. The van der Waals surface area contributed by atoms with Crippen molar-refractivity contribution >= 4 is 27.5 Å². The number of fused-ring (bicyclic) bond motifs is 1. The Kier molecular flexibility index (Phi) is 4.46. The standard InChI is InChI=1S/C15H20N2O3S/c1-6-11(15(19)20-8(2)3)17-7-16-13-12(14(17)18)9(4)10(5)21-13/h7-8,11H,6H2,1-5H3. The van der Waals surface area contributed by atoms with Crippen LogP contribution in [0, 0.1) is 13.8 Å². The number of esters is 1. The Morgan fingerprint density at radius 1 is 1.43 bits per heavy atom. The molecule has 0 N–H and O–H groups in total. The molecule has 21 heavy (non-hydrogen) atoms. The van der Waals surface area contributed by atoms with Crippen molar-refractivity contribution in [1.82, 2.24) is 9.55 Å². The molecule has 0 aromatic carbocycles. The summed E-state index contributed by atoms with van der Waals surface area (Å²) in [6.07, 6.45) is 1.74. The van der Waals surface area contributed by atoms with Gasteiger partial charge in [0.1, 0.15) is 10.9 Å². The maximum Gasteiger partial charge on any atom is 0.329 e. The molecule has 0 spiro atoms. The summed E-state index contributed by atoms with van der Waals surface area (Å²) in [4.78, 5) is 31.0. The number of nitrogens with zero attached hydrogens (tertiary/aromatic N) is 2. The number of ether oxygens (including phenoxy) is 1. The molecular formula is C15H20N2O3S. The predicted molar refractivity (Wildman–Crippen MR) is 83.9 cm³/mol. The molecule has 0 bridgehead atoms. The first kappa shape index (κ1) is 15.7. The Labute approximate surface area is 127 Å². The largest absolute Gasteiger partial charge is 0.461 e. The van der Waals surface area contributed by atoms with Crippen molar-refractivity contribution in [3.63, 3.8) is 0 Å². The molecular weight excluding hydrogens is 288 g/mol. The van der Waals surface area contributed by atoms with Crippen molar-refractivity contribution in [2.24, 2.45) is 0 Å². The minimum atomic E-state index is -0.628. The van der Waals surface area contributed by atoms with Gasteiger partial charge in [-0.15, -0.1) is 11.3 Å². The third kappa shape index (κ3) is 2.85. The monoisotopic (exact) mass is 308 g/mol. The first-order valence-electron chi connectivity index (χ1n) is 7.04. The predicted octanol–water partition coefficient (Wildman–Crippen LogP) is 2.98. The first-order valence-corrected chi connectivity index (χ1v) is 7.85. The summed E-state index contributed by atoms with van der Waals surface area (Å²) >= 11 is 1.50. The number of rotatable bonds is 4. The molecule has 0 amide bonds. The van der Waals surface area contributed by atoms with Crippen LogP contribution in [0.3, 0.4) is 0 Å². The van der Waals surface area contributed by atoms with E-state index < -0.39 is 6.04 Å². The molecule has 114 valence electrons. The Hall–Kier alpha value is -1.69. The summed E-state index contributed by atoms with van der Waals surface area (Å²) in [7, 11) is 0. The summed E-state index contributed by atoms with van der Waals surface area (Å²) in [5.41, 5.74) is 0.767. The van der Waals surface area contributed by atoms with Gasteiger partial charge in [0.15, 0.2) is 0 Å². The molecule has 2 aromatic rings. The minimum absolute atomic E-state index is 0.172. The van der Waals surface area contributed by atoms with Crippen LogP contribution >= 0.6 is 11.3 Å². The molecule has 0 radical (unpaired) electrons. The van der Waals surface area contributed by atoms with E-state index in [0.29, 0.717) is 11.8 Å². The molecule has 0 aliphatic carbocycles. The van der Waals surface area contributed by atoms with Crippen LogP contribution in [-0.4, -0.2) is 21.6 Å². The van der Waals surface area contributed by atoms with E-state index in [1.54, 1.807) is 13.8 Å². The average Bonchev–Trinajstić information content (AvgIpc) is 2.68. The van der Waals surface area contributed by atoms with Gasteiger partial charge in [-0.25, -0.2) is 9.78 Å². The van der Waals surface area contributed by atoms with Gasteiger partial charge in [-0.05, 0) is 39.7 Å². The molecule has 2 aromatic heterocycles. The van der Waals surface area contributed by atoms with Gasteiger partial charge < -0.3 is 4.74 Å². The van der Waals surface area contributed by atoms with Crippen molar-refractivity contribution in [2.75, 3.05) is 0 Å². The highest BCUT2D eigenvalue weighted by Crippen LogP contribution is 2.26. The van der Waals surface area contributed by atoms with Crippen LogP contribution < -0.4 is 5.56 Å². The minimum Gasteiger partial charge on any atom is -0.461 e. The fourth-order valence-corrected chi connectivity index (χ4v) is 3.25. The van der Waals surface area contributed by atoms with Gasteiger partial charge >= 0.3 is 5.97 Å². The van der Waals surface area contributed by atoms with Gasteiger partial charge in [0.05, 0.1) is 17.8 Å². The fourth-order valence-electron chi connectivity index (χ4n) is 2.26. The molecule has 0 aliphatic rings. The second-order valence-corrected chi connectivity index (χ2v) is 6.53. The summed E-state index contributed by atoms with van der Waals surface area (Å²) in [6.45, 7) is 9.32. The van der Waals surface area contributed by atoms with Crippen LogP contribution in [-0.2, 0) is 9.53 Å². The Balaban J connectivity index is 2.55. The van der Waals surface area contributed by atoms with Crippen LogP contribution in [0.4, 0.5) is 0 Å². The zero-order valence-corrected chi connectivity index (χ0v) is 13.8. The number of aryl methyl sites for hydroxylation is 2. The van der Waals surface area contributed by atoms with Gasteiger partial charge in [0, 0.05) is 4.88 Å².